The van der Waals surface area contributed by atoms with Gasteiger partial charge in [-0.15, -0.1) is 0 Å². The minimum Gasteiger partial charge on any atom is -0.465 e. The van der Waals surface area contributed by atoms with Crippen LogP contribution in [-0.2, 0) is 11.8 Å². The molecule has 1 aromatic carbocycles. The Balaban J connectivity index is 2.20. The van der Waals surface area contributed by atoms with E-state index in [4.69, 9.17) is 0 Å². The van der Waals surface area contributed by atoms with Crippen molar-refractivity contribution in [2.45, 2.75) is 19.8 Å². The summed E-state index contributed by atoms with van der Waals surface area (Å²) in [6, 6.07) is 5.47. The molecule has 0 aliphatic rings. The van der Waals surface area contributed by atoms with E-state index in [0.717, 1.165) is 11.8 Å². The fourth-order valence-electron chi connectivity index (χ4n) is 2.05. The third kappa shape index (κ3) is 3.56. The van der Waals surface area contributed by atoms with Gasteiger partial charge in [-0.2, -0.15) is 5.10 Å². The lowest BCUT2D eigenvalue weighted by molar-refractivity contribution is 0.0595. The lowest BCUT2D eigenvalue weighted by Gasteiger charge is -2.07. The predicted molar refractivity (Wildman–Crippen MR) is 83.0 cm³/mol. The van der Waals surface area contributed by atoms with Gasteiger partial charge in [-0.25, -0.2) is 9.18 Å². The van der Waals surface area contributed by atoms with Crippen molar-refractivity contribution in [2.24, 2.45) is 7.05 Å². The number of halogens is 1. The van der Waals surface area contributed by atoms with Crippen LogP contribution in [0.1, 0.15) is 46.3 Å². The zero-order valence-electron chi connectivity index (χ0n) is 13.4. The largest absolute Gasteiger partial charge is 0.465 e. The zero-order chi connectivity index (χ0) is 17.1. The fourth-order valence-corrected chi connectivity index (χ4v) is 2.05. The van der Waals surface area contributed by atoms with Crippen LogP contribution in [0.3, 0.4) is 0 Å². The lowest BCUT2D eigenvalue weighted by atomic mass is 10.1. The number of methoxy groups -OCH3 is 1. The highest BCUT2D eigenvalue weighted by Crippen LogP contribution is 2.18. The molecule has 122 valence electrons. The van der Waals surface area contributed by atoms with Crippen LogP contribution < -0.4 is 5.32 Å². The molecule has 0 saturated carbocycles. The van der Waals surface area contributed by atoms with E-state index in [-0.39, 0.29) is 17.2 Å². The summed E-state index contributed by atoms with van der Waals surface area (Å²) in [5.41, 5.74) is 1.22. The summed E-state index contributed by atoms with van der Waals surface area (Å²) in [7, 11) is 2.84. The van der Waals surface area contributed by atoms with Gasteiger partial charge in [0.2, 0.25) is 0 Å². The molecule has 1 N–H and O–H groups in total. The molecular weight excluding hydrogens is 301 g/mol. The van der Waals surface area contributed by atoms with Crippen molar-refractivity contribution in [1.82, 2.24) is 9.78 Å². The summed E-state index contributed by atoms with van der Waals surface area (Å²) >= 11 is 0. The van der Waals surface area contributed by atoms with Gasteiger partial charge in [0, 0.05) is 12.7 Å². The number of carbonyl (C=O) groups is 2. The number of aromatic nitrogens is 2. The van der Waals surface area contributed by atoms with Crippen LogP contribution in [0.2, 0.25) is 0 Å². The third-order valence-corrected chi connectivity index (χ3v) is 3.36. The van der Waals surface area contributed by atoms with Crippen molar-refractivity contribution in [3.05, 3.63) is 47.0 Å². The van der Waals surface area contributed by atoms with E-state index in [1.807, 2.05) is 13.8 Å². The average molecular weight is 319 g/mol. The number of benzene rings is 1. The standard InChI is InChI=1S/C16H18FN3O3/c1-9(2)13-8-14(20(3)19-13)15(21)18-10-5-6-11(12(17)7-10)16(22)23-4/h5-9H,1-4H3,(H,18,21). The minimum atomic E-state index is -0.770. The summed E-state index contributed by atoms with van der Waals surface area (Å²) in [5.74, 6) is -1.74. The highest BCUT2D eigenvalue weighted by molar-refractivity contribution is 6.03. The van der Waals surface area contributed by atoms with Crippen molar-refractivity contribution in [2.75, 3.05) is 12.4 Å². The maximum Gasteiger partial charge on any atom is 0.340 e. The first-order valence-corrected chi connectivity index (χ1v) is 7.06. The third-order valence-electron chi connectivity index (χ3n) is 3.36. The predicted octanol–water partition coefficient (Wildman–Crippen LogP) is 2.72. The molecule has 6 nitrogen and oxygen atoms in total. The van der Waals surface area contributed by atoms with Gasteiger partial charge in [0.15, 0.2) is 0 Å². The van der Waals surface area contributed by atoms with Gasteiger partial charge in [-0.1, -0.05) is 13.8 Å². The number of ether oxygens (including phenoxy) is 1. The summed E-state index contributed by atoms with van der Waals surface area (Å²) in [6.07, 6.45) is 0. The number of nitrogens with zero attached hydrogens (tertiary/aromatic N) is 2. The number of anilines is 1. The number of esters is 1. The summed E-state index contributed by atoms with van der Waals surface area (Å²) < 4.78 is 19.8. The van der Waals surface area contributed by atoms with Gasteiger partial charge in [-0.05, 0) is 30.2 Å². The van der Waals surface area contributed by atoms with E-state index in [1.165, 1.54) is 23.9 Å². The highest BCUT2D eigenvalue weighted by Gasteiger charge is 2.17. The molecule has 0 spiro atoms. The number of aryl methyl sites for hydroxylation is 1. The number of carbonyl (C=O) groups excluding carboxylic acids is 2. The summed E-state index contributed by atoms with van der Waals surface area (Å²) in [5, 5.41) is 6.84. The van der Waals surface area contributed by atoms with Crippen LogP contribution >= 0.6 is 0 Å². The molecule has 1 amide bonds. The van der Waals surface area contributed by atoms with Crippen molar-refractivity contribution in [3.63, 3.8) is 0 Å². The molecular formula is C16H18FN3O3. The van der Waals surface area contributed by atoms with Crippen LogP contribution in [0.25, 0.3) is 0 Å². The normalized spacial score (nSPS) is 10.7. The van der Waals surface area contributed by atoms with Crippen LogP contribution in [0.4, 0.5) is 10.1 Å². The molecule has 0 unspecified atom stereocenters. The molecule has 7 heteroatoms. The first-order valence-electron chi connectivity index (χ1n) is 7.06. The Morgan fingerprint density at radius 2 is 2.00 bits per heavy atom. The molecule has 0 bridgehead atoms. The topological polar surface area (TPSA) is 73.2 Å². The molecule has 1 heterocycles. The molecule has 0 fully saturated rings. The van der Waals surface area contributed by atoms with Crippen LogP contribution in [-0.4, -0.2) is 28.8 Å². The average Bonchev–Trinajstić information content (AvgIpc) is 2.89. The second kappa shape index (κ2) is 6.60. The second-order valence-electron chi connectivity index (χ2n) is 5.37. The first-order chi connectivity index (χ1) is 10.8. The monoisotopic (exact) mass is 319 g/mol. The lowest BCUT2D eigenvalue weighted by Crippen LogP contribution is -2.16. The Bertz CT molecular complexity index is 753. The van der Waals surface area contributed by atoms with E-state index in [0.29, 0.717) is 5.69 Å². The summed E-state index contributed by atoms with van der Waals surface area (Å²) in [6.45, 7) is 3.95. The Labute approximate surface area is 133 Å². The van der Waals surface area contributed by atoms with Crippen molar-refractivity contribution >= 4 is 17.6 Å². The second-order valence-corrected chi connectivity index (χ2v) is 5.37. The maximum absolute atomic E-state index is 13.9. The smallest absolute Gasteiger partial charge is 0.340 e. The molecule has 2 rings (SSSR count). The Morgan fingerprint density at radius 1 is 1.30 bits per heavy atom. The Morgan fingerprint density at radius 3 is 2.52 bits per heavy atom. The molecule has 0 saturated heterocycles. The molecule has 0 aliphatic heterocycles. The quantitative estimate of drug-likeness (QED) is 0.879. The van der Waals surface area contributed by atoms with E-state index in [2.05, 4.69) is 15.2 Å². The zero-order valence-corrected chi connectivity index (χ0v) is 13.4. The molecule has 2 aromatic rings. The van der Waals surface area contributed by atoms with E-state index >= 15 is 0 Å². The molecule has 0 aliphatic carbocycles. The molecule has 0 atom stereocenters. The number of nitrogens with one attached hydrogen (secondary N) is 1. The van der Waals surface area contributed by atoms with Gasteiger partial charge in [0.05, 0.1) is 18.4 Å². The molecule has 23 heavy (non-hydrogen) atoms. The van der Waals surface area contributed by atoms with Crippen molar-refractivity contribution in [1.29, 1.82) is 0 Å². The Hall–Kier alpha value is -2.70. The van der Waals surface area contributed by atoms with E-state index in [1.54, 1.807) is 13.1 Å². The van der Waals surface area contributed by atoms with Crippen molar-refractivity contribution < 1.29 is 18.7 Å². The molecule has 0 radical (unpaired) electrons. The van der Waals surface area contributed by atoms with Gasteiger partial charge < -0.3 is 10.1 Å². The molecule has 1 aromatic heterocycles. The van der Waals surface area contributed by atoms with E-state index < -0.39 is 17.7 Å². The van der Waals surface area contributed by atoms with Crippen LogP contribution in [0, 0.1) is 5.82 Å². The minimum absolute atomic E-state index is 0.187. The van der Waals surface area contributed by atoms with Crippen molar-refractivity contribution in [3.8, 4) is 0 Å². The Kier molecular flexibility index (Phi) is 4.78. The number of amides is 1. The summed E-state index contributed by atoms with van der Waals surface area (Å²) in [4.78, 5) is 23.6. The van der Waals surface area contributed by atoms with Crippen LogP contribution in [0.15, 0.2) is 24.3 Å². The number of hydrogen-bond donors (Lipinski definition) is 1. The first kappa shape index (κ1) is 16.7. The maximum atomic E-state index is 13.9. The van der Waals surface area contributed by atoms with Gasteiger partial charge in [-0.3, -0.25) is 9.48 Å². The van der Waals surface area contributed by atoms with Gasteiger partial charge >= 0.3 is 5.97 Å². The van der Waals surface area contributed by atoms with Gasteiger partial charge in [0.25, 0.3) is 5.91 Å². The van der Waals surface area contributed by atoms with Gasteiger partial charge in [0.1, 0.15) is 11.5 Å². The van der Waals surface area contributed by atoms with Crippen LogP contribution in [0.5, 0.6) is 0 Å². The van der Waals surface area contributed by atoms with E-state index in [9.17, 15) is 14.0 Å². The number of hydrogen-bond acceptors (Lipinski definition) is 4. The number of rotatable bonds is 4. The SMILES string of the molecule is COC(=O)c1ccc(NC(=O)c2cc(C(C)C)nn2C)cc1F. The highest BCUT2D eigenvalue weighted by atomic mass is 19.1. The fraction of sp³-hybridized carbons (Fsp3) is 0.312.